The van der Waals surface area contributed by atoms with Crippen LogP contribution in [0.3, 0.4) is 0 Å². The second-order valence-electron chi connectivity index (χ2n) is 2.84. The second kappa shape index (κ2) is 6.17. The van der Waals surface area contributed by atoms with Crippen LogP contribution in [0.5, 0.6) is 0 Å². The number of thiophene rings is 1. The van der Waals surface area contributed by atoms with E-state index < -0.39 is 0 Å². The van der Waals surface area contributed by atoms with Crippen LogP contribution in [0.1, 0.15) is 12.0 Å². The molecule has 0 radical (unpaired) electrons. The summed E-state index contributed by atoms with van der Waals surface area (Å²) in [7, 11) is 0. The van der Waals surface area contributed by atoms with Crippen molar-refractivity contribution in [3.8, 4) is 0 Å². The van der Waals surface area contributed by atoms with Crippen LogP contribution in [-0.2, 0) is 6.42 Å². The summed E-state index contributed by atoms with van der Waals surface area (Å²) >= 11 is 8.81. The summed E-state index contributed by atoms with van der Waals surface area (Å²) in [5.74, 6) is 0.768. The Morgan fingerprint density at radius 1 is 1.33 bits per heavy atom. The smallest absolute Gasteiger partial charge is 0.00677 e. The third kappa shape index (κ3) is 3.58. The van der Waals surface area contributed by atoms with E-state index in [2.05, 4.69) is 48.7 Å². The highest BCUT2D eigenvalue weighted by atomic mass is 79.9. The Morgan fingerprint density at radius 2 is 2.08 bits per heavy atom. The van der Waals surface area contributed by atoms with E-state index in [0.717, 1.165) is 16.6 Å². The molecule has 0 bridgehead atoms. The van der Waals surface area contributed by atoms with Crippen LogP contribution in [-0.4, -0.2) is 10.7 Å². The molecule has 0 saturated carbocycles. The Balaban J connectivity index is 2.25. The molecule has 0 saturated heterocycles. The maximum Gasteiger partial charge on any atom is 0.00677 e. The first-order chi connectivity index (χ1) is 5.86. The number of halogens is 2. The highest BCUT2D eigenvalue weighted by Gasteiger charge is 2.05. The molecule has 0 aliphatic rings. The topological polar surface area (TPSA) is 0 Å². The van der Waals surface area contributed by atoms with Crippen molar-refractivity contribution in [1.29, 1.82) is 0 Å². The zero-order chi connectivity index (χ0) is 8.81. The minimum absolute atomic E-state index is 0.768. The SMILES string of the molecule is BrCC(CBr)CCc1ccsc1. The Bertz CT molecular complexity index is 192. The van der Waals surface area contributed by atoms with Gasteiger partial charge in [0.2, 0.25) is 0 Å². The maximum atomic E-state index is 3.51. The molecular formula is C9H12Br2S. The normalized spacial score (nSPS) is 10.9. The fraction of sp³-hybridized carbons (Fsp3) is 0.556. The molecule has 0 aromatic carbocycles. The van der Waals surface area contributed by atoms with Crippen LogP contribution in [0.15, 0.2) is 16.8 Å². The first kappa shape index (κ1) is 10.7. The van der Waals surface area contributed by atoms with Crippen LogP contribution in [0.4, 0.5) is 0 Å². The van der Waals surface area contributed by atoms with Gasteiger partial charge in [-0.2, -0.15) is 11.3 Å². The number of alkyl halides is 2. The molecule has 1 aromatic heterocycles. The third-order valence-corrected chi connectivity index (χ3v) is 4.42. The molecule has 0 amide bonds. The molecule has 0 atom stereocenters. The molecule has 0 fully saturated rings. The average molecular weight is 312 g/mol. The van der Waals surface area contributed by atoms with Gasteiger partial charge in [0.1, 0.15) is 0 Å². The molecule has 0 aliphatic carbocycles. The molecule has 0 aliphatic heterocycles. The van der Waals surface area contributed by atoms with Crippen LogP contribution in [0.25, 0.3) is 0 Å². The van der Waals surface area contributed by atoms with Crippen LogP contribution >= 0.6 is 43.2 Å². The van der Waals surface area contributed by atoms with Crippen molar-refractivity contribution >= 4 is 43.2 Å². The van der Waals surface area contributed by atoms with Crippen molar-refractivity contribution in [2.75, 3.05) is 10.7 Å². The summed E-state index contributed by atoms with van der Waals surface area (Å²) in [5, 5.41) is 6.58. The lowest BCUT2D eigenvalue weighted by Crippen LogP contribution is -2.04. The zero-order valence-corrected chi connectivity index (χ0v) is 10.8. The molecular weight excluding hydrogens is 300 g/mol. The summed E-state index contributed by atoms with van der Waals surface area (Å²) in [6.45, 7) is 0. The summed E-state index contributed by atoms with van der Waals surface area (Å²) in [4.78, 5) is 0. The van der Waals surface area contributed by atoms with Crippen molar-refractivity contribution in [3.63, 3.8) is 0 Å². The van der Waals surface area contributed by atoms with E-state index >= 15 is 0 Å². The van der Waals surface area contributed by atoms with Gasteiger partial charge in [-0.1, -0.05) is 31.9 Å². The zero-order valence-electron chi connectivity index (χ0n) is 6.80. The number of hydrogen-bond acceptors (Lipinski definition) is 1. The van der Waals surface area contributed by atoms with Gasteiger partial charge in [0, 0.05) is 10.7 Å². The van der Waals surface area contributed by atoms with E-state index in [0.29, 0.717) is 0 Å². The van der Waals surface area contributed by atoms with Crippen LogP contribution < -0.4 is 0 Å². The average Bonchev–Trinajstić information content (AvgIpc) is 2.59. The van der Waals surface area contributed by atoms with Crippen LogP contribution in [0.2, 0.25) is 0 Å². The second-order valence-corrected chi connectivity index (χ2v) is 4.92. The summed E-state index contributed by atoms with van der Waals surface area (Å²) < 4.78 is 0. The Hall–Kier alpha value is 0.660. The van der Waals surface area contributed by atoms with Gasteiger partial charge < -0.3 is 0 Å². The monoisotopic (exact) mass is 310 g/mol. The van der Waals surface area contributed by atoms with E-state index in [1.807, 2.05) is 0 Å². The van der Waals surface area contributed by atoms with Gasteiger partial charge >= 0.3 is 0 Å². The molecule has 0 spiro atoms. The fourth-order valence-corrected chi connectivity index (χ4v) is 3.42. The van der Waals surface area contributed by atoms with Crippen molar-refractivity contribution in [2.24, 2.45) is 5.92 Å². The van der Waals surface area contributed by atoms with Crippen molar-refractivity contribution in [2.45, 2.75) is 12.8 Å². The third-order valence-electron chi connectivity index (χ3n) is 1.86. The maximum absolute atomic E-state index is 3.51. The van der Waals surface area contributed by atoms with E-state index in [1.165, 1.54) is 18.4 Å². The van der Waals surface area contributed by atoms with Crippen molar-refractivity contribution < 1.29 is 0 Å². The Kier molecular flexibility index (Phi) is 5.52. The van der Waals surface area contributed by atoms with Gasteiger partial charge in [0.05, 0.1) is 0 Å². The molecule has 0 unspecified atom stereocenters. The van der Waals surface area contributed by atoms with Gasteiger partial charge in [-0.05, 0) is 41.1 Å². The van der Waals surface area contributed by atoms with Crippen molar-refractivity contribution in [1.82, 2.24) is 0 Å². The standard InChI is InChI=1S/C9H12Br2S/c10-5-9(6-11)2-1-8-3-4-12-7-8/h3-4,7,9H,1-2,5-6H2. The lowest BCUT2D eigenvalue weighted by Gasteiger charge is -2.08. The minimum Gasteiger partial charge on any atom is -0.152 e. The van der Waals surface area contributed by atoms with Gasteiger partial charge in [-0.15, -0.1) is 0 Å². The highest BCUT2D eigenvalue weighted by molar-refractivity contribution is 9.09. The molecule has 1 rings (SSSR count). The molecule has 68 valence electrons. The van der Waals surface area contributed by atoms with E-state index in [-0.39, 0.29) is 0 Å². The first-order valence-corrected chi connectivity index (χ1v) is 7.18. The van der Waals surface area contributed by atoms with Crippen LogP contribution in [0, 0.1) is 5.92 Å². The minimum atomic E-state index is 0.768. The number of rotatable bonds is 5. The van der Waals surface area contributed by atoms with Gasteiger partial charge in [-0.25, -0.2) is 0 Å². The molecule has 12 heavy (non-hydrogen) atoms. The van der Waals surface area contributed by atoms with E-state index in [9.17, 15) is 0 Å². The fourth-order valence-electron chi connectivity index (χ4n) is 1.00. The predicted octanol–water partition coefficient (Wildman–Crippen LogP) is 4.09. The van der Waals surface area contributed by atoms with Crippen molar-refractivity contribution in [3.05, 3.63) is 22.4 Å². The lowest BCUT2D eigenvalue weighted by molar-refractivity contribution is 0.613. The Labute approximate surface area is 94.6 Å². The summed E-state index contributed by atoms with van der Waals surface area (Å²) in [6.07, 6.45) is 2.48. The predicted molar refractivity (Wildman–Crippen MR) is 63.7 cm³/mol. The van der Waals surface area contributed by atoms with E-state index in [4.69, 9.17) is 0 Å². The molecule has 0 nitrogen and oxygen atoms in total. The van der Waals surface area contributed by atoms with Gasteiger partial charge in [0.25, 0.3) is 0 Å². The van der Waals surface area contributed by atoms with Gasteiger partial charge in [0.15, 0.2) is 0 Å². The molecule has 1 heterocycles. The quantitative estimate of drug-likeness (QED) is 0.719. The lowest BCUT2D eigenvalue weighted by atomic mass is 10.1. The largest absolute Gasteiger partial charge is 0.152 e. The van der Waals surface area contributed by atoms with Gasteiger partial charge in [-0.3, -0.25) is 0 Å². The summed E-state index contributed by atoms with van der Waals surface area (Å²) in [5.41, 5.74) is 1.48. The molecule has 1 aromatic rings. The first-order valence-electron chi connectivity index (χ1n) is 3.99. The summed E-state index contributed by atoms with van der Waals surface area (Å²) in [6, 6.07) is 2.21. The molecule has 3 heteroatoms. The molecule has 0 N–H and O–H groups in total. The highest BCUT2D eigenvalue weighted by Crippen LogP contribution is 2.15. The van der Waals surface area contributed by atoms with E-state index in [1.54, 1.807) is 11.3 Å². The number of hydrogen-bond donors (Lipinski definition) is 0. The Morgan fingerprint density at radius 3 is 2.58 bits per heavy atom. The number of aryl methyl sites for hydroxylation is 1.